The monoisotopic (exact) mass is 558 g/mol. The Kier molecular flexibility index (Phi) is 7.83. The maximum atomic E-state index is 14.0. The molecule has 0 aliphatic carbocycles. The number of aromatic amines is 1. The molecule has 0 saturated carbocycles. The summed E-state index contributed by atoms with van der Waals surface area (Å²) in [5, 5.41) is 2.14. The molecule has 0 saturated heterocycles. The van der Waals surface area contributed by atoms with Gasteiger partial charge in [0.1, 0.15) is 5.49 Å². The lowest BCUT2D eigenvalue weighted by Crippen LogP contribution is -2.42. The Balaban J connectivity index is 1.63. The maximum absolute atomic E-state index is 14.0. The van der Waals surface area contributed by atoms with Crippen LogP contribution in [0.15, 0.2) is 55.5 Å². The molecule has 0 unspecified atom stereocenters. The molecule has 0 spiro atoms. The van der Waals surface area contributed by atoms with Gasteiger partial charge in [-0.25, -0.2) is 9.79 Å². The number of Topliss-reactive ketones (excluding diaryl/α,β-unsaturated/α-hetero) is 1. The zero-order valence-corrected chi connectivity index (χ0v) is 24.0. The molecule has 3 heterocycles. The maximum Gasteiger partial charge on any atom is 0.330 e. The van der Waals surface area contributed by atoms with Gasteiger partial charge in [0.25, 0.3) is 5.56 Å². The number of nitrogens with zero attached hydrogens (tertiary/aromatic N) is 3. The summed E-state index contributed by atoms with van der Waals surface area (Å²) in [5.41, 5.74) is 6.50. The van der Waals surface area contributed by atoms with Crippen LogP contribution in [0.4, 0.5) is 5.69 Å². The molecule has 2 aromatic heterocycles. The lowest BCUT2D eigenvalue weighted by Gasteiger charge is -2.25. The van der Waals surface area contributed by atoms with Gasteiger partial charge in [0.05, 0.1) is 31.2 Å². The van der Waals surface area contributed by atoms with Crippen molar-refractivity contribution in [3.63, 3.8) is 0 Å². The van der Waals surface area contributed by atoms with E-state index < -0.39 is 5.56 Å². The van der Waals surface area contributed by atoms with Crippen molar-refractivity contribution in [2.75, 3.05) is 13.7 Å². The lowest BCUT2D eigenvalue weighted by molar-refractivity contribution is 0.0942. The van der Waals surface area contributed by atoms with Crippen LogP contribution in [0.25, 0.3) is 11.3 Å². The molecule has 1 N–H and O–H groups in total. The third-order valence-electron chi connectivity index (χ3n) is 7.31. The molecule has 0 atom stereocenters. The number of fused-ring (bicyclic) bond motifs is 3. The van der Waals surface area contributed by atoms with Crippen molar-refractivity contribution in [1.29, 1.82) is 0 Å². The SMILES string of the molecule is CCOc1cc2c(cc1OC)-c1cc(=Nc3c(C)cc(C)cc3C)n(CCCC(=O)c3cc(=O)[nH]o3)c(=O)n1CC2. The molecule has 5 rings (SSSR count). The van der Waals surface area contributed by atoms with Crippen molar-refractivity contribution >= 4 is 11.5 Å². The third-order valence-corrected chi connectivity index (χ3v) is 7.31. The van der Waals surface area contributed by atoms with E-state index in [0.717, 1.165) is 45.3 Å². The summed E-state index contributed by atoms with van der Waals surface area (Å²) in [4.78, 5) is 42.9. The van der Waals surface area contributed by atoms with Crippen molar-refractivity contribution in [1.82, 2.24) is 14.3 Å². The second-order valence-corrected chi connectivity index (χ2v) is 10.3. The van der Waals surface area contributed by atoms with Crippen molar-refractivity contribution in [2.45, 2.75) is 60.0 Å². The molecule has 1 aliphatic rings. The van der Waals surface area contributed by atoms with Crippen LogP contribution in [0, 0.1) is 20.8 Å². The molecule has 1 aliphatic heterocycles. The van der Waals surface area contributed by atoms with Crippen LogP contribution in [-0.4, -0.2) is 33.8 Å². The second kappa shape index (κ2) is 11.5. The summed E-state index contributed by atoms with van der Waals surface area (Å²) < 4.78 is 19.7. The summed E-state index contributed by atoms with van der Waals surface area (Å²) in [6.07, 6.45) is 1.13. The predicted octanol–water partition coefficient (Wildman–Crippen LogP) is 4.38. The summed E-state index contributed by atoms with van der Waals surface area (Å²) in [5.74, 6) is 0.947. The Hall–Kier alpha value is -4.60. The predicted molar refractivity (Wildman–Crippen MR) is 154 cm³/mol. The van der Waals surface area contributed by atoms with Gasteiger partial charge in [-0.1, -0.05) is 17.7 Å². The molecule has 2 aromatic carbocycles. The number of rotatable bonds is 9. The normalized spacial score (nSPS) is 12.7. The fourth-order valence-electron chi connectivity index (χ4n) is 5.48. The molecule has 0 bridgehead atoms. The number of carbonyl (C=O) groups excluding carboxylic acids is 1. The fraction of sp³-hybridized carbons (Fsp3) is 0.355. The first-order valence-corrected chi connectivity index (χ1v) is 13.7. The van der Waals surface area contributed by atoms with Gasteiger partial charge in [-0.05, 0) is 69.4 Å². The van der Waals surface area contributed by atoms with Crippen LogP contribution in [0.3, 0.4) is 0 Å². The van der Waals surface area contributed by atoms with Crippen molar-refractivity contribution in [3.05, 3.63) is 90.7 Å². The third kappa shape index (κ3) is 5.54. The highest BCUT2D eigenvalue weighted by Crippen LogP contribution is 2.37. The molecule has 10 heteroatoms. The largest absolute Gasteiger partial charge is 0.493 e. The molecule has 214 valence electrons. The number of methoxy groups -OCH3 is 1. The van der Waals surface area contributed by atoms with E-state index in [4.69, 9.17) is 19.0 Å². The Morgan fingerprint density at radius 1 is 1.05 bits per heavy atom. The minimum atomic E-state index is -0.467. The van der Waals surface area contributed by atoms with E-state index in [2.05, 4.69) is 17.3 Å². The highest BCUT2D eigenvalue weighted by molar-refractivity contribution is 5.93. The average molecular weight is 559 g/mol. The highest BCUT2D eigenvalue weighted by atomic mass is 16.5. The zero-order valence-electron chi connectivity index (χ0n) is 24.0. The van der Waals surface area contributed by atoms with Gasteiger partial charge >= 0.3 is 5.69 Å². The summed E-state index contributed by atoms with van der Waals surface area (Å²) in [6.45, 7) is 9.26. The van der Waals surface area contributed by atoms with Gasteiger partial charge in [0, 0.05) is 31.1 Å². The summed E-state index contributed by atoms with van der Waals surface area (Å²) >= 11 is 0. The minimum Gasteiger partial charge on any atom is -0.493 e. The number of aromatic nitrogens is 3. The van der Waals surface area contributed by atoms with Gasteiger partial charge in [-0.3, -0.25) is 18.7 Å². The topological polar surface area (TPSA) is 121 Å². The van der Waals surface area contributed by atoms with E-state index in [0.29, 0.717) is 43.0 Å². The van der Waals surface area contributed by atoms with Crippen LogP contribution in [0.5, 0.6) is 11.5 Å². The molecule has 0 radical (unpaired) electrons. The van der Waals surface area contributed by atoms with Crippen LogP contribution in [0.1, 0.15) is 52.6 Å². The standard InChI is InChI=1S/C31H34N4O6/c1-6-40-27-14-21-9-11-34-23(22(21)15-26(27)39-5)16-28(32-30-19(3)12-18(2)13-20(30)4)35(31(34)38)10-7-8-24(36)25-17-29(37)33-41-25/h12-17H,6-11H2,1-5H3,(H,33,37). The van der Waals surface area contributed by atoms with Gasteiger partial charge in [0.2, 0.25) is 11.5 Å². The number of H-pyrrole nitrogens is 1. The molecule has 10 nitrogen and oxygen atoms in total. The summed E-state index contributed by atoms with van der Waals surface area (Å²) in [7, 11) is 1.60. The van der Waals surface area contributed by atoms with Crippen molar-refractivity contribution < 1.29 is 18.8 Å². The number of hydrogen-bond donors (Lipinski definition) is 1. The number of benzene rings is 2. The van der Waals surface area contributed by atoms with Gasteiger partial charge in [0.15, 0.2) is 11.5 Å². The Morgan fingerprint density at radius 2 is 1.80 bits per heavy atom. The molecule has 4 aromatic rings. The Labute approximate surface area is 236 Å². The fourth-order valence-corrected chi connectivity index (χ4v) is 5.48. The van der Waals surface area contributed by atoms with Crippen LogP contribution in [0.2, 0.25) is 0 Å². The number of aryl methyl sites for hydroxylation is 4. The highest BCUT2D eigenvalue weighted by Gasteiger charge is 2.23. The first kappa shape index (κ1) is 27.9. The smallest absolute Gasteiger partial charge is 0.330 e. The number of carbonyl (C=O) groups is 1. The van der Waals surface area contributed by atoms with Crippen LogP contribution < -0.4 is 26.2 Å². The minimum absolute atomic E-state index is 0.0186. The van der Waals surface area contributed by atoms with Crippen molar-refractivity contribution in [3.8, 4) is 22.8 Å². The van der Waals surface area contributed by atoms with Gasteiger partial charge in [-0.15, -0.1) is 0 Å². The first-order chi connectivity index (χ1) is 19.7. The first-order valence-electron chi connectivity index (χ1n) is 13.7. The average Bonchev–Trinajstić information content (AvgIpc) is 3.38. The van der Waals surface area contributed by atoms with Crippen LogP contribution >= 0.6 is 0 Å². The van der Waals surface area contributed by atoms with E-state index in [1.807, 2.05) is 45.9 Å². The van der Waals surface area contributed by atoms with E-state index in [1.54, 1.807) is 16.2 Å². The molecular weight excluding hydrogens is 524 g/mol. The molecule has 0 fully saturated rings. The number of hydrogen-bond acceptors (Lipinski definition) is 7. The van der Waals surface area contributed by atoms with E-state index >= 15 is 0 Å². The van der Waals surface area contributed by atoms with Crippen LogP contribution in [-0.2, 0) is 19.5 Å². The number of nitrogens with one attached hydrogen (secondary N) is 1. The molecule has 0 amide bonds. The second-order valence-electron chi connectivity index (χ2n) is 10.3. The van der Waals surface area contributed by atoms with Gasteiger partial charge < -0.3 is 14.0 Å². The molecular formula is C31H34N4O6. The molecule has 41 heavy (non-hydrogen) atoms. The quantitative estimate of drug-likeness (QED) is 0.304. The zero-order chi connectivity index (χ0) is 29.3. The van der Waals surface area contributed by atoms with Gasteiger partial charge in [-0.2, -0.15) is 5.16 Å². The number of ketones is 1. The number of ether oxygens (including phenoxy) is 2. The Bertz CT molecular complexity index is 1800. The van der Waals surface area contributed by atoms with E-state index in [9.17, 15) is 14.4 Å². The van der Waals surface area contributed by atoms with Crippen molar-refractivity contribution in [2.24, 2.45) is 4.99 Å². The lowest BCUT2D eigenvalue weighted by atomic mass is 9.97. The Morgan fingerprint density at radius 3 is 2.46 bits per heavy atom. The van der Waals surface area contributed by atoms with E-state index in [1.165, 1.54) is 0 Å². The summed E-state index contributed by atoms with van der Waals surface area (Å²) in [6, 6.07) is 11.1. The van der Waals surface area contributed by atoms with E-state index in [-0.39, 0.29) is 30.2 Å².